The molecule has 0 bridgehead atoms. The molecule has 1 N–H and O–H groups in total. The molecule has 1 aromatic rings. The summed E-state index contributed by atoms with van der Waals surface area (Å²) >= 11 is 1.65. The highest BCUT2D eigenvalue weighted by Crippen LogP contribution is 2.13. The smallest absolute Gasteiger partial charge is 0.246 e. The molecule has 0 radical (unpaired) electrons. The summed E-state index contributed by atoms with van der Waals surface area (Å²) in [5, 5.41) is 5.43. The predicted octanol–water partition coefficient (Wildman–Crippen LogP) is 2.61. The molecule has 2 heterocycles. The lowest BCUT2D eigenvalue weighted by molar-refractivity contribution is -0.126. The largest absolute Gasteiger partial charge is 0.339 e. The van der Waals surface area contributed by atoms with Gasteiger partial charge in [-0.2, -0.15) is 0 Å². The summed E-state index contributed by atoms with van der Waals surface area (Å²) in [6.45, 7) is 5.86. The highest BCUT2D eigenvalue weighted by atomic mass is 32.1. The van der Waals surface area contributed by atoms with E-state index in [1.54, 1.807) is 17.4 Å². The van der Waals surface area contributed by atoms with E-state index in [1.165, 1.54) is 12.8 Å². The first-order chi connectivity index (χ1) is 9.29. The second-order valence-electron chi connectivity index (χ2n) is 4.94. The molecule has 1 amide bonds. The monoisotopic (exact) mass is 278 g/mol. The van der Waals surface area contributed by atoms with Crippen LogP contribution in [0, 0.1) is 5.92 Å². The van der Waals surface area contributed by atoms with Crippen LogP contribution in [0.5, 0.6) is 0 Å². The number of thiophene rings is 1. The zero-order valence-electron chi connectivity index (χ0n) is 11.5. The van der Waals surface area contributed by atoms with Crippen LogP contribution in [-0.2, 0) is 4.79 Å². The third-order valence-electron chi connectivity index (χ3n) is 3.50. The minimum absolute atomic E-state index is 0.126. The molecule has 19 heavy (non-hydrogen) atoms. The topological polar surface area (TPSA) is 32.3 Å². The van der Waals surface area contributed by atoms with E-state index in [2.05, 4.69) is 5.32 Å². The van der Waals surface area contributed by atoms with Crippen molar-refractivity contribution in [3.8, 4) is 0 Å². The summed E-state index contributed by atoms with van der Waals surface area (Å²) in [5.41, 5.74) is 0. The number of piperidine rings is 1. The number of hydrogen-bond acceptors (Lipinski definition) is 3. The molecule has 0 aromatic carbocycles. The third-order valence-corrected chi connectivity index (χ3v) is 4.34. The van der Waals surface area contributed by atoms with Crippen molar-refractivity contribution in [2.75, 3.05) is 26.2 Å². The van der Waals surface area contributed by atoms with Gasteiger partial charge >= 0.3 is 0 Å². The molecular weight excluding hydrogens is 256 g/mol. The fraction of sp³-hybridized carbons (Fsp3) is 0.533. The molecule has 1 aliphatic rings. The second-order valence-corrected chi connectivity index (χ2v) is 5.92. The minimum atomic E-state index is 0.126. The van der Waals surface area contributed by atoms with Crippen LogP contribution >= 0.6 is 11.3 Å². The van der Waals surface area contributed by atoms with E-state index in [-0.39, 0.29) is 5.91 Å². The van der Waals surface area contributed by atoms with Crippen molar-refractivity contribution in [3.63, 3.8) is 0 Å². The Balaban J connectivity index is 1.87. The van der Waals surface area contributed by atoms with Crippen LogP contribution in [0.1, 0.15) is 24.6 Å². The lowest BCUT2D eigenvalue weighted by Gasteiger charge is -2.28. The number of carbonyl (C=O) groups excluding carboxylic acids is 1. The van der Waals surface area contributed by atoms with Crippen molar-refractivity contribution >= 4 is 23.3 Å². The van der Waals surface area contributed by atoms with Crippen LogP contribution in [0.4, 0.5) is 0 Å². The van der Waals surface area contributed by atoms with Gasteiger partial charge in [0.1, 0.15) is 0 Å². The Bertz CT molecular complexity index is 408. The van der Waals surface area contributed by atoms with E-state index >= 15 is 0 Å². The lowest BCUT2D eigenvalue weighted by atomic mass is 9.99. The van der Waals surface area contributed by atoms with Gasteiger partial charge in [0.15, 0.2) is 0 Å². The Morgan fingerprint density at radius 2 is 2.53 bits per heavy atom. The first-order valence-corrected chi connectivity index (χ1v) is 7.88. The number of hydrogen-bond donors (Lipinski definition) is 1. The fourth-order valence-corrected chi connectivity index (χ4v) is 3.03. The maximum atomic E-state index is 12.2. The minimum Gasteiger partial charge on any atom is -0.339 e. The molecular formula is C15H22N2OS. The van der Waals surface area contributed by atoms with Crippen LogP contribution in [0.25, 0.3) is 6.08 Å². The lowest BCUT2D eigenvalue weighted by Crippen LogP contribution is -2.40. The second kappa shape index (κ2) is 7.46. The van der Waals surface area contributed by atoms with Crippen LogP contribution in [0.2, 0.25) is 0 Å². The van der Waals surface area contributed by atoms with Gasteiger partial charge in [0.2, 0.25) is 5.91 Å². The summed E-state index contributed by atoms with van der Waals surface area (Å²) in [7, 11) is 0. The molecule has 0 saturated carbocycles. The highest BCUT2D eigenvalue weighted by molar-refractivity contribution is 7.10. The average molecular weight is 278 g/mol. The molecule has 1 atom stereocenters. The molecule has 104 valence electrons. The Kier molecular flexibility index (Phi) is 5.61. The van der Waals surface area contributed by atoms with Crippen molar-refractivity contribution in [1.29, 1.82) is 0 Å². The Morgan fingerprint density at radius 1 is 1.63 bits per heavy atom. The molecule has 2 rings (SSSR count). The first-order valence-electron chi connectivity index (χ1n) is 7.00. The SMILES string of the molecule is CCN(CC1CCCNC1)C(=O)/C=C/c1cccs1. The first kappa shape index (κ1) is 14.3. The van der Waals surface area contributed by atoms with Gasteiger partial charge in [0.05, 0.1) is 0 Å². The summed E-state index contributed by atoms with van der Waals surface area (Å²) in [5.74, 6) is 0.731. The van der Waals surface area contributed by atoms with Crippen molar-refractivity contribution in [2.45, 2.75) is 19.8 Å². The quantitative estimate of drug-likeness (QED) is 0.840. The van der Waals surface area contributed by atoms with Crippen LogP contribution in [0.15, 0.2) is 23.6 Å². The molecule has 1 fully saturated rings. The average Bonchev–Trinajstić information content (AvgIpc) is 2.96. The van der Waals surface area contributed by atoms with Gasteiger partial charge in [-0.15, -0.1) is 11.3 Å². The normalized spacial score (nSPS) is 19.7. The van der Waals surface area contributed by atoms with E-state index in [9.17, 15) is 4.79 Å². The number of amides is 1. The zero-order chi connectivity index (χ0) is 13.5. The molecule has 0 spiro atoms. The van der Waals surface area contributed by atoms with Gasteiger partial charge in [-0.25, -0.2) is 0 Å². The fourth-order valence-electron chi connectivity index (χ4n) is 2.41. The Hall–Kier alpha value is -1.13. The number of rotatable bonds is 5. The number of nitrogens with zero attached hydrogens (tertiary/aromatic N) is 1. The maximum Gasteiger partial charge on any atom is 0.246 e. The van der Waals surface area contributed by atoms with E-state index in [1.807, 2.05) is 35.4 Å². The highest BCUT2D eigenvalue weighted by Gasteiger charge is 2.18. The predicted molar refractivity (Wildman–Crippen MR) is 81.2 cm³/mol. The van der Waals surface area contributed by atoms with Crippen molar-refractivity contribution < 1.29 is 4.79 Å². The van der Waals surface area contributed by atoms with E-state index in [4.69, 9.17) is 0 Å². The molecule has 4 heteroatoms. The van der Waals surface area contributed by atoms with Crippen LogP contribution < -0.4 is 5.32 Å². The van der Waals surface area contributed by atoms with Gasteiger partial charge in [-0.1, -0.05) is 6.07 Å². The summed E-state index contributed by atoms with van der Waals surface area (Å²) in [6.07, 6.45) is 6.06. The summed E-state index contributed by atoms with van der Waals surface area (Å²) in [6, 6.07) is 4.02. The van der Waals surface area contributed by atoms with Crippen LogP contribution in [0.3, 0.4) is 0 Å². The Labute approximate surface area is 119 Å². The molecule has 0 aliphatic carbocycles. The standard InChI is InChI=1S/C15H22N2OS/c1-2-17(12-13-5-3-9-16-11-13)15(18)8-7-14-6-4-10-19-14/h4,6-8,10,13,16H,2-3,5,9,11-12H2,1H3/b8-7+. The van der Waals surface area contributed by atoms with Gasteiger partial charge < -0.3 is 10.2 Å². The molecule has 1 aromatic heterocycles. The summed E-state index contributed by atoms with van der Waals surface area (Å²) in [4.78, 5) is 15.2. The van der Waals surface area contributed by atoms with E-state index < -0.39 is 0 Å². The number of nitrogens with one attached hydrogen (secondary N) is 1. The van der Waals surface area contributed by atoms with Crippen molar-refractivity contribution in [1.82, 2.24) is 10.2 Å². The van der Waals surface area contributed by atoms with Crippen molar-refractivity contribution in [3.05, 3.63) is 28.5 Å². The van der Waals surface area contributed by atoms with Gasteiger partial charge in [-0.05, 0) is 56.3 Å². The maximum absolute atomic E-state index is 12.2. The zero-order valence-corrected chi connectivity index (χ0v) is 12.3. The third kappa shape index (κ3) is 4.48. The van der Waals surface area contributed by atoms with Crippen molar-refractivity contribution in [2.24, 2.45) is 5.92 Å². The van der Waals surface area contributed by atoms with Gasteiger partial charge in [0, 0.05) is 24.0 Å². The van der Waals surface area contributed by atoms with Crippen LogP contribution in [-0.4, -0.2) is 37.0 Å². The summed E-state index contributed by atoms with van der Waals surface area (Å²) < 4.78 is 0. The van der Waals surface area contributed by atoms with E-state index in [0.29, 0.717) is 5.92 Å². The van der Waals surface area contributed by atoms with E-state index in [0.717, 1.165) is 31.1 Å². The molecule has 3 nitrogen and oxygen atoms in total. The molecule has 1 aliphatic heterocycles. The molecule has 1 saturated heterocycles. The van der Waals surface area contributed by atoms with Gasteiger partial charge in [-0.3, -0.25) is 4.79 Å². The van der Waals surface area contributed by atoms with Gasteiger partial charge in [0.25, 0.3) is 0 Å². The number of likely N-dealkylation sites (N-methyl/N-ethyl adjacent to an activating group) is 1. The Morgan fingerprint density at radius 3 is 3.16 bits per heavy atom. The molecule has 1 unspecified atom stereocenters. The number of carbonyl (C=O) groups is 1.